The second-order valence-corrected chi connectivity index (χ2v) is 11.0. The van der Waals surface area contributed by atoms with Crippen LogP contribution in [-0.4, -0.2) is 78.5 Å². The molecule has 2 aromatic carbocycles. The van der Waals surface area contributed by atoms with Gasteiger partial charge in [-0.1, -0.05) is 23.7 Å². The Labute approximate surface area is 217 Å². The van der Waals surface area contributed by atoms with E-state index in [-0.39, 0.29) is 5.75 Å². The zero-order valence-corrected chi connectivity index (χ0v) is 21.4. The summed E-state index contributed by atoms with van der Waals surface area (Å²) in [6, 6.07) is 11.6. The molecule has 1 aromatic heterocycles. The van der Waals surface area contributed by atoms with Gasteiger partial charge in [-0.2, -0.15) is 0 Å². The lowest BCUT2D eigenvalue weighted by Gasteiger charge is -2.38. The molecule has 1 saturated carbocycles. The molecular weight excluding hydrogens is 472 g/mol. The maximum absolute atomic E-state index is 12.2. The van der Waals surface area contributed by atoms with Crippen molar-refractivity contribution in [1.29, 1.82) is 0 Å². The first-order valence-electron chi connectivity index (χ1n) is 13.1. The van der Waals surface area contributed by atoms with Crippen LogP contribution in [0.3, 0.4) is 0 Å². The molecule has 3 fully saturated rings. The monoisotopic (exact) mass is 504 g/mol. The van der Waals surface area contributed by atoms with Gasteiger partial charge in [0.1, 0.15) is 12.0 Å². The number of carbonyl (C=O) groups is 1. The van der Waals surface area contributed by atoms with Crippen molar-refractivity contribution in [2.24, 2.45) is 0 Å². The van der Waals surface area contributed by atoms with E-state index < -0.39 is 5.41 Å². The number of carbonyl (C=O) groups excluding carboxylic acids is 1. The third-order valence-electron chi connectivity index (χ3n) is 8.29. The molecule has 0 radical (unpaired) electrons. The highest BCUT2D eigenvalue weighted by Gasteiger charge is 2.47. The quantitative estimate of drug-likeness (QED) is 0.470. The van der Waals surface area contributed by atoms with Gasteiger partial charge in [-0.15, -0.1) is 0 Å². The molecule has 2 aliphatic heterocycles. The van der Waals surface area contributed by atoms with Crippen LogP contribution in [0.5, 0.6) is 5.75 Å². The molecule has 2 saturated heterocycles. The van der Waals surface area contributed by atoms with E-state index in [1.54, 1.807) is 12.1 Å². The Hall–Kier alpha value is -2.67. The fourth-order valence-electron chi connectivity index (χ4n) is 5.82. The molecular formula is C29H33ClN4O2. The first-order chi connectivity index (χ1) is 17.6. The maximum Gasteiger partial charge on any atom is 0.134 e. The zero-order chi connectivity index (χ0) is 24.7. The summed E-state index contributed by atoms with van der Waals surface area (Å²) in [5, 5.41) is 11.3. The molecule has 188 valence electrons. The molecule has 0 atom stereocenters. The predicted octanol–water partition coefficient (Wildman–Crippen LogP) is 4.71. The number of phenols is 1. The van der Waals surface area contributed by atoms with E-state index in [2.05, 4.69) is 20.8 Å². The fourth-order valence-corrected chi connectivity index (χ4v) is 6.00. The number of piperazine rings is 1. The van der Waals surface area contributed by atoms with Crippen molar-refractivity contribution in [2.45, 2.75) is 31.1 Å². The average Bonchev–Trinajstić information content (AvgIpc) is 3.54. The minimum absolute atomic E-state index is 0.0788. The third kappa shape index (κ3) is 4.47. The van der Waals surface area contributed by atoms with E-state index >= 15 is 0 Å². The number of hydrogen-bond donors (Lipinski definition) is 1. The Kier molecular flexibility index (Phi) is 6.36. The van der Waals surface area contributed by atoms with E-state index in [0.29, 0.717) is 5.02 Å². The number of anilines is 1. The van der Waals surface area contributed by atoms with Crippen LogP contribution in [-0.2, 0) is 10.2 Å². The predicted molar refractivity (Wildman–Crippen MR) is 145 cm³/mol. The normalized spacial score (nSPS) is 20.2. The van der Waals surface area contributed by atoms with E-state index in [1.807, 2.05) is 24.4 Å². The van der Waals surface area contributed by atoms with Crippen molar-refractivity contribution in [3.8, 4) is 16.9 Å². The summed E-state index contributed by atoms with van der Waals surface area (Å²) in [6.07, 6.45) is 7.52. The van der Waals surface area contributed by atoms with E-state index in [1.165, 1.54) is 25.9 Å². The number of nitrogens with zero attached hydrogens (tertiary/aromatic N) is 4. The SMILES string of the molecule is O=CC1(c2cnc3ccc(-c4ccc(O)c(Cl)c4)cc3c2N2CCN(CCN3CCCC3)CC2)CC1. The molecule has 3 heterocycles. The van der Waals surface area contributed by atoms with Crippen molar-refractivity contribution in [3.05, 3.63) is 53.2 Å². The summed E-state index contributed by atoms with van der Waals surface area (Å²) < 4.78 is 0. The van der Waals surface area contributed by atoms with Gasteiger partial charge in [-0.05, 0) is 74.2 Å². The number of hydrogen-bond acceptors (Lipinski definition) is 6. The van der Waals surface area contributed by atoms with E-state index in [0.717, 1.165) is 91.7 Å². The second-order valence-electron chi connectivity index (χ2n) is 10.6. The number of likely N-dealkylation sites (tertiary alicyclic amines) is 1. The van der Waals surface area contributed by atoms with Crippen LogP contribution in [0.15, 0.2) is 42.6 Å². The maximum atomic E-state index is 12.2. The lowest BCUT2D eigenvalue weighted by atomic mass is 9.93. The highest BCUT2D eigenvalue weighted by Crippen LogP contribution is 2.51. The van der Waals surface area contributed by atoms with Gasteiger partial charge in [0.25, 0.3) is 0 Å². The number of benzene rings is 2. The molecule has 3 aromatic rings. The van der Waals surface area contributed by atoms with E-state index in [4.69, 9.17) is 16.6 Å². The number of halogens is 1. The Bertz CT molecular complexity index is 1280. The van der Waals surface area contributed by atoms with Crippen molar-refractivity contribution in [2.75, 3.05) is 57.3 Å². The van der Waals surface area contributed by atoms with Crippen molar-refractivity contribution >= 4 is 34.5 Å². The molecule has 3 aliphatic rings. The van der Waals surface area contributed by atoms with Crippen LogP contribution in [0.2, 0.25) is 5.02 Å². The number of aromatic nitrogens is 1. The zero-order valence-electron chi connectivity index (χ0n) is 20.6. The topological polar surface area (TPSA) is 59.9 Å². The Morgan fingerprint density at radius 2 is 1.58 bits per heavy atom. The number of rotatable bonds is 7. The Balaban J connectivity index is 1.33. The minimum Gasteiger partial charge on any atom is -0.506 e. The highest BCUT2D eigenvalue weighted by molar-refractivity contribution is 6.32. The molecule has 6 rings (SSSR count). The van der Waals surface area contributed by atoms with Crippen LogP contribution in [0, 0.1) is 0 Å². The summed E-state index contributed by atoms with van der Waals surface area (Å²) in [6.45, 7) is 8.71. The van der Waals surface area contributed by atoms with Crippen LogP contribution in [0.1, 0.15) is 31.2 Å². The fraction of sp³-hybridized carbons (Fsp3) is 0.448. The Morgan fingerprint density at radius 3 is 2.25 bits per heavy atom. The largest absolute Gasteiger partial charge is 0.506 e. The lowest BCUT2D eigenvalue weighted by molar-refractivity contribution is -0.109. The van der Waals surface area contributed by atoms with E-state index in [9.17, 15) is 9.90 Å². The number of pyridine rings is 1. The number of phenolic OH excluding ortho intramolecular Hbond substituents is 1. The molecule has 0 amide bonds. The van der Waals surface area contributed by atoms with Gasteiger partial charge in [0.2, 0.25) is 0 Å². The molecule has 0 bridgehead atoms. The number of aromatic hydroxyl groups is 1. The molecule has 1 aliphatic carbocycles. The second kappa shape index (κ2) is 9.66. The standard InChI is InChI=1S/C29H33ClN4O2/c30-25-18-22(4-6-27(25)36)21-3-5-26-23(17-21)28(24(19-31-26)29(20-35)7-8-29)34-15-13-33(14-16-34)12-11-32-9-1-2-10-32/h3-6,17-20,36H,1-2,7-16H2. The average molecular weight is 505 g/mol. The molecule has 6 nitrogen and oxygen atoms in total. The number of fused-ring (bicyclic) bond motifs is 1. The molecule has 36 heavy (non-hydrogen) atoms. The van der Waals surface area contributed by atoms with Gasteiger partial charge < -0.3 is 19.7 Å². The first-order valence-corrected chi connectivity index (χ1v) is 13.5. The molecule has 0 spiro atoms. The lowest BCUT2D eigenvalue weighted by Crippen LogP contribution is -2.48. The van der Waals surface area contributed by atoms with Crippen LogP contribution in [0.25, 0.3) is 22.0 Å². The van der Waals surface area contributed by atoms with Gasteiger partial charge in [0, 0.05) is 56.4 Å². The van der Waals surface area contributed by atoms with Crippen LogP contribution < -0.4 is 4.90 Å². The molecule has 0 unspecified atom stereocenters. The van der Waals surface area contributed by atoms with Gasteiger partial charge in [0.15, 0.2) is 0 Å². The smallest absolute Gasteiger partial charge is 0.134 e. The Morgan fingerprint density at radius 1 is 0.917 bits per heavy atom. The highest BCUT2D eigenvalue weighted by atomic mass is 35.5. The third-order valence-corrected chi connectivity index (χ3v) is 8.59. The minimum atomic E-state index is -0.402. The van der Waals surface area contributed by atoms with Crippen LogP contribution in [0.4, 0.5) is 5.69 Å². The van der Waals surface area contributed by atoms with Crippen molar-refractivity contribution in [1.82, 2.24) is 14.8 Å². The van der Waals surface area contributed by atoms with Crippen molar-refractivity contribution in [3.63, 3.8) is 0 Å². The number of aldehydes is 1. The van der Waals surface area contributed by atoms with Gasteiger partial charge in [-0.3, -0.25) is 9.88 Å². The van der Waals surface area contributed by atoms with Crippen LogP contribution >= 0.6 is 11.6 Å². The summed E-state index contributed by atoms with van der Waals surface area (Å²) in [4.78, 5) is 24.6. The molecule has 7 heteroatoms. The van der Waals surface area contributed by atoms with Gasteiger partial charge >= 0.3 is 0 Å². The first kappa shape index (κ1) is 23.7. The van der Waals surface area contributed by atoms with Gasteiger partial charge in [0.05, 0.1) is 21.6 Å². The van der Waals surface area contributed by atoms with Gasteiger partial charge in [-0.25, -0.2) is 0 Å². The summed E-state index contributed by atoms with van der Waals surface area (Å²) >= 11 is 6.21. The summed E-state index contributed by atoms with van der Waals surface area (Å²) in [5.41, 5.74) is 4.72. The molecule has 1 N–H and O–H groups in total. The summed E-state index contributed by atoms with van der Waals surface area (Å²) in [5.74, 6) is 0.0788. The summed E-state index contributed by atoms with van der Waals surface area (Å²) in [7, 11) is 0. The van der Waals surface area contributed by atoms with Crippen molar-refractivity contribution < 1.29 is 9.90 Å².